The van der Waals surface area contributed by atoms with E-state index in [-0.39, 0.29) is 0 Å². The highest BCUT2D eigenvalue weighted by molar-refractivity contribution is 7.07. The molecule has 0 aliphatic carbocycles. The van der Waals surface area contributed by atoms with Crippen LogP contribution >= 0.6 is 11.3 Å². The van der Waals surface area contributed by atoms with E-state index < -0.39 is 0 Å². The van der Waals surface area contributed by atoms with Crippen molar-refractivity contribution in [3.63, 3.8) is 0 Å². The molecule has 19 heavy (non-hydrogen) atoms. The summed E-state index contributed by atoms with van der Waals surface area (Å²) in [5, 5.41) is 7.43. The summed E-state index contributed by atoms with van der Waals surface area (Å²) in [5.74, 6) is 0.847. The number of rotatable bonds is 4. The summed E-state index contributed by atoms with van der Waals surface area (Å²) in [7, 11) is 1.88. The van der Waals surface area contributed by atoms with Crippen LogP contribution in [0.25, 0.3) is 0 Å². The van der Waals surface area contributed by atoms with Gasteiger partial charge in [-0.05, 0) is 41.8 Å². The van der Waals surface area contributed by atoms with Gasteiger partial charge in [0.25, 0.3) is 0 Å². The van der Waals surface area contributed by atoms with E-state index in [1.165, 1.54) is 18.4 Å². The molecule has 0 bridgehead atoms. The fraction of sp³-hybridized carbons (Fsp3) is 0.429. The Morgan fingerprint density at radius 1 is 1.47 bits per heavy atom. The molecule has 0 spiro atoms. The van der Waals surface area contributed by atoms with Gasteiger partial charge in [-0.1, -0.05) is 0 Å². The lowest BCUT2D eigenvalue weighted by Gasteiger charge is -2.23. The molecule has 0 amide bonds. The van der Waals surface area contributed by atoms with Gasteiger partial charge in [0.1, 0.15) is 5.82 Å². The fourth-order valence-corrected chi connectivity index (χ4v) is 3.29. The van der Waals surface area contributed by atoms with Crippen molar-refractivity contribution >= 4 is 17.2 Å². The number of aromatic nitrogens is 2. The van der Waals surface area contributed by atoms with Crippen molar-refractivity contribution < 1.29 is 0 Å². The van der Waals surface area contributed by atoms with E-state index in [0.717, 1.165) is 24.6 Å². The third-order valence-electron chi connectivity index (χ3n) is 3.58. The summed E-state index contributed by atoms with van der Waals surface area (Å²) >= 11 is 1.76. The minimum Gasteiger partial charge on any atom is -0.372 e. The maximum Gasteiger partial charge on any atom is 0.144 e. The molecule has 100 valence electrons. The molecular weight excluding hydrogens is 256 g/mol. The van der Waals surface area contributed by atoms with Crippen LogP contribution in [-0.4, -0.2) is 28.5 Å². The Labute approximate surface area is 117 Å². The number of nitrogens with zero attached hydrogens (tertiary/aromatic N) is 3. The molecule has 1 unspecified atom stereocenters. The van der Waals surface area contributed by atoms with Gasteiger partial charge in [-0.2, -0.15) is 11.3 Å². The molecule has 1 fully saturated rings. The molecule has 1 N–H and O–H groups in total. The predicted octanol–water partition coefficient (Wildman–Crippen LogP) is 2.92. The molecule has 0 radical (unpaired) electrons. The van der Waals surface area contributed by atoms with Crippen molar-refractivity contribution in [1.29, 1.82) is 0 Å². The van der Waals surface area contributed by atoms with Gasteiger partial charge in [-0.3, -0.25) is 9.88 Å². The number of likely N-dealkylation sites (tertiary alicyclic amines) is 1. The quantitative estimate of drug-likeness (QED) is 0.930. The molecule has 1 aliphatic heterocycles. The van der Waals surface area contributed by atoms with Crippen molar-refractivity contribution in [1.82, 2.24) is 14.9 Å². The smallest absolute Gasteiger partial charge is 0.144 e. The average Bonchev–Trinajstić information content (AvgIpc) is 3.11. The van der Waals surface area contributed by atoms with Gasteiger partial charge in [-0.15, -0.1) is 0 Å². The Bertz CT molecular complexity index is 526. The van der Waals surface area contributed by atoms with Gasteiger partial charge in [0.15, 0.2) is 0 Å². The van der Waals surface area contributed by atoms with E-state index in [1.54, 1.807) is 17.5 Å². The molecule has 0 saturated carbocycles. The standard InChI is InChI=1S/C14H18N4S/c1-15-14-8-16-7-12(17-14)13-3-2-5-18(13)9-11-4-6-19-10-11/h4,6-8,10,13H,2-3,5,9H2,1H3,(H,15,17). The van der Waals surface area contributed by atoms with Gasteiger partial charge in [0, 0.05) is 13.6 Å². The zero-order valence-corrected chi connectivity index (χ0v) is 11.9. The summed E-state index contributed by atoms with van der Waals surface area (Å²) in [4.78, 5) is 11.4. The second-order valence-electron chi connectivity index (χ2n) is 4.84. The highest BCUT2D eigenvalue weighted by atomic mass is 32.1. The highest BCUT2D eigenvalue weighted by Crippen LogP contribution is 2.32. The molecule has 1 saturated heterocycles. The van der Waals surface area contributed by atoms with Crippen LogP contribution in [0.2, 0.25) is 0 Å². The molecule has 3 heterocycles. The van der Waals surface area contributed by atoms with Crippen molar-refractivity contribution in [2.75, 3.05) is 18.9 Å². The van der Waals surface area contributed by atoms with E-state index in [9.17, 15) is 0 Å². The van der Waals surface area contributed by atoms with Crippen molar-refractivity contribution in [2.24, 2.45) is 0 Å². The molecule has 0 aromatic carbocycles. The zero-order valence-electron chi connectivity index (χ0n) is 11.0. The van der Waals surface area contributed by atoms with Crippen molar-refractivity contribution in [3.05, 3.63) is 40.5 Å². The van der Waals surface area contributed by atoms with E-state index in [2.05, 4.69) is 37.0 Å². The number of hydrogen-bond acceptors (Lipinski definition) is 5. The first-order valence-corrected chi connectivity index (χ1v) is 7.56. The first-order valence-electron chi connectivity index (χ1n) is 6.61. The first-order chi connectivity index (χ1) is 9.36. The maximum atomic E-state index is 4.64. The Hall–Kier alpha value is -1.46. The predicted molar refractivity (Wildman–Crippen MR) is 78.3 cm³/mol. The van der Waals surface area contributed by atoms with Gasteiger partial charge in [0.05, 0.1) is 24.1 Å². The number of nitrogens with one attached hydrogen (secondary N) is 1. The SMILES string of the molecule is CNc1cncc(C2CCCN2Cc2ccsc2)n1. The normalized spacial score (nSPS) is 19.7. The number of thiophene rings is 1. The topological polar surface area (TPSA) is 41.1 Å². The Morgan fingerprint density at radius 2 is 2.42 bits per heavy atom. The third-order valence-corrected chi connectivity index (χ3v) is 4.31. The molecule has 2 aromatic rings. The molecule has 4 nitrogen and oxygen atoms in total. The lowest BCUT2D eigenvalue weighted by molar-refractivity contribution is 0.244. The van der Waals surface area contributed by atoms with Crippen molar-refractivity contribution in [3.8, 4) is 0 Å². The average molecular weight is 274 g/mol. The maximum absolute atomic E-state index is 4.64. The number of hydrogen-bond donors (Lipinski definition) is 1. The van der Waals surface area contributed by atoms with E-state index in [4.69, 9.17) is 0 Å². The summed E-state index contributed by atoms with van der Waals surface area (Å²) < 4.78 is 0. The van der Waals surface area contributed by atoms with Crippen molar-refractivity contribution in [2.45, 2.75) is 25.4 Å². The minimum absolute atomic E-state index is 0.403. The van der Waals surface area contributed by atoms with Crippen LogP contribution in [0.1, 0.15) is 30.1 Å². The van der Waals surface area contributed by atoms with Crippen LogP contribution in [-0.2, 0) is 6.54 Å². The molecule has 3 rings (SSSR count). The van der Waals surface area contributed by atoms with Gasteiger partial charge >= 0.3 is 0 Å². The van der Waals surface area contributed by atoms with Gasteiger partial charge in [-0.25, -0.2) is 4.98 Å². The first kappa shape index (κ1) is 12.6. The molecule has 1 atom stereocenters. The van der Waals surface area contributed by atoms with Crippen LogP contribution < -0.4 is 5.32 Å². The number of anilines is 1. The monoisotopic (exact) mass is 274 g/mol. The summed E-state index contributed by atoms with van der Waals surface area (Å²) in [6.45, 7) is 2.16. The Balaban J connectivity index is 1.78. The zero-order chi connectivity index (χ0) is 13.1. The molecule has 5 heteroatoms. The summed E-state index contributed by atoms with van der Waals surface area (Å²) in [6, 6.07) is 2.61. The largest absolute Gasteiger partial charge is 0.372 e. The van der Waals surface area contributed by atoms with Crippen LogP contribution in [0.4, 0.5) is 5.82 Å². The molecule has 2 aromatic heterocycles. The lowest BCUT2D eigenvalue weighted by atomic mass is 10.1. The minimum atomic E-state index is 0.403. The van der Waals surface area contributed by atoms with Crippen LogP contribution in [0, 0.1) is 0 Å². The van der Waals surface area contributed by atoms with E-state index >= 15 is 0 Å². The second kappa shape index (κ2) is 5.67. The fourth-order valence-electron chi connectivity index (χ4n) is 2.63. The van der Waals surface area contributed by atoms with Gasteiger partial charge in [0.2, 0.25) is 0 Å². The van der Waals surface area contributed by atoms with E-state index in [1.807, 2.05) is 13.2 Å². The second-order valence-corrected chi connectivity index (χ2v) is 5.62. The summed E-state index contributed by atoms with van der Waals surface area (Å²) in [6.07, 6.45) is 6.07. The summed E-state index contributed by atoms with van der Waals surface area (Å²) in [5.41, 5.74) is 2.48. The Morgan fingerprint density at radius 3 is 3.21 bits per heavy atom. The van der Waals surface area contributed by atoms with Gasteiger partial charge < -0.3 is 5.32 Å². The van der Waals surface area contributed by atoms with Crippen LogP contribution in [0.15, 0.2) is 29.2 Å². The molecular formula is C14H18N4S. The van der Waals surface area contributed by atoms with Crippen LogP contribution in [0.5, 0.6) is 0 Å². The Kier molecular flexibility index (Phi) is 3.75. The molecule has 1 aliphatic rings. The third kappa shape index (κ3) is 2.77. The lowest BCUT2D eigenvalue weighted by Crippen LogP contribution is -2.23. The van der Waals surface area contributed by atoms with Crippen LogP contribution in [0.3, 0.4) is 0 Å². The van der Waals surface area contributed by atoms with E-state index in [0.29, 0.717) is 6.04 Å². The highest BCUT2D eigenvalue weighted by Gasteiger charge is 2.27.